The van der Waals surface area contributed by atoms with Gasteiger partial charge in [0.15, 0.2) is 0 Å². The van der Waals surface area contributed by atoms with E-state index >= 15 is 0 Å². The number of hydrogen-bond acceptors (Lipinski definition) is 1. The van der Waals surface area contributed by atoms with Gasteiger partial charge in [-0.25, -0.2) is 0 Å². The number of para-hydroxylation sites is 1. The molecule has 0 amide bonds. The molecule has 4 rings (SSSR count). The highest BCUT2D eigenvalue weighted by Gasteiger charge is 2.16. The molecule has 2 aromatic heterocycles. The Morgan fingerprint density at radius 2 is 1.69 bits per heavy atom. The Balaban J connectivity index is 0.00000196. The maximum absolute atomic E-state index is 5.56. The fourth-order valence-electron chi connectivity index (χ4n) is 2.86. The quantitative estimate of drug-likeness (QED) is 0.351. The highest BCUT2D eigenvalue weighted by Crippen LogP contribution is 2.22. The Morgan fingerprint density at radius 3 is 2.42 bits per heavy atom. The summed E-state index contributed by atoms with van der Waals surface area (Å²) in [6.07, 6.45) is 13.9. The summed E-state index contributed by atoms with van der Waals surface area (Å²) >= 11 is 1.76. The topological polar surface area (TPSA) is 8.81 Å². The molecule has 0 radical (unpaired) electrons. The molecule has 0 saturated carbocycles. The van der Waals surface area contributed by atoms with Crippen molar-refractivity contribution in [2.75, 3.05) is 0 Å². The average molecular weight is 421 g/mol. The molecule has 0 aliphatic rings. The van der Waals surface area contributed by atoms with Crippen LogP contribution in [0.1, 0.15) is 10.6 Å². The van der Waals surface area contributed by atoms with Gasteiger partial charge in [-0.2, -0.15) is 4.57 Å². The van der Waals surface area contributed by atoms with Crippen molar-refractivity contribution < 1.29 is 21.5 Å². The first-order valence-corrected chi connectivity index (χ1v) is 8.93. The zero-order valence-electron chi connectivity index (χ0n) is 14.0. The highest BCUT2D eigenvalue weighted by atomic mass is 79.9. The van der Waals surface area contributed by atoms with E-state index in [1.54, 1.807) is 11.3 Å². The number of thiazole rings is 1. The van der Waals surface area contributed by atoms with Gasteiger partial charge >= 0.3 is 0 Å². The second kappa shape index (κ2) is 8.18. The number of hydrogen-bond donors (Lipinski definition) is 0. The molecule has 0 spiro atoms. The second-order valence-electron chi connectivity index (χ2n) is 5.71. The normalized spacial score (nSPS) is 10.7. The second-order valence-corrected chi connectivity index (χ2v) is 6.78. The van der Waals surface area contributed by atoms with Gasteiger partial charge < -0.3 is 21.5 Å². The van der Waals surface area contributed by atoms with Crippen molar-refractivity contribution in [3.8, 4) is 18.0 Å². The molecule has 0 bridgehead atoms. The molecule has 0 N–H and O–H groups in total. The maximum Gasteiger partial charge on any atom is 0.263 e. The van der Waals surface area contributed by atoms with Crippen molar-refractivity contribution in [2.24, 2.45) is 0 Å². The lowest BCUT2D eigenvalue weighted by Gasteiger charge is -2.02. The lowest BCUT2D eigenvalue weighted by molar-refractivity contribution is -0.655. The molecule has 26 heavy (non-hydrogen) atoms. The molecule has 4 heteroatoms. The lowest BCUT2D eigenvalue weighted by Crippen LogP contribution is -3.00. The summed E-state index contributed by atoms with van der Waals surface area (Å²) in [5.74, 6) is 2.76. The van der Waals surface area contributed by atoms with Gasteiger partial charge in [0.25, 0.3) is 5.01 Å². The van der Waals surface area contributed by atoms with E-state index in [4.69, 9.17) is 6.42 Å². The molecule has 4 aromatic rings. The predicted octanol–water partition coefficient (Wildman–Crippen LogP) is 1.79. The molecule has 2 aromatic carbocycles. The largest absolute Gasteiger partial charge is 1.00 e. The molecule has 128 valence electrons. The van der Waals surface area contributed by atoms with Crippen LogP contribution in [0.4, 0.5) is 0 Å². The minimum absolute atomic E-state index is 0. The molecule has 0 atom stereocenters. The number of aromatic nitrogens is 2. The summed E-state index contributed by atoms with van der Waals surface area (Å²) in [6.45, 7) is 0.580. The molecular formula is C22H17BrN2S. The van der Waals surface area contributed by atoms with Gasteiger partial charge in [0, 0.05) is 30.2 Å². The van der Waals surface area contributed by atoms with E-state index in [1.807, 2.05) is 24.5 Å². The van der Waals surface area contributed by atoms with Crippen LogP contribution in [-0.2, 0) is 6.54 Å². The number of rotatable bonds is 4. The number of terminal acetylenes is 1. The van der Waals surface area contributed by atoms with Gasteiger partial charge in [0.2, 0.25) is 12.1 Å². The Labute approximate surface area is 167 Å². The fraction of sp³-hybridized carbons (Fsp3) is 0.0455. The van der Waals surface area contributed by atoms with Gasteiger partial charge in [0.05, 0.1) is 0 Å². The van der Waals surface area contributed by atoms with Crippen LogP contribution in [0, 0.1) is 12.3 Å². The van der Waals surface area contributed by atoms with Gasteiger partial charge in [-0.15, -0.1) is 6.42 Å². The molecule has 0 saturated heterocycles. The third-order valence-electron chi connectivity index (χ3n) is 4.10. The summed E-state index contributed by atoms with van der Waals surface area (Å²) in [4.78, 5) is 0. The van der Waals surface area contributed by atoms with Crippen molar-refractivity contribution in [1.29, 1.82) is 0 Å². The summed E-state index contributed by atoms with van der Waals surface area (Å²) in [6, 6.07) is 20.9. The molecule has 0 unspecified atom stereocenters. The summed E-state index contributed by atoms with van der Waals surface area (Å²) in [5.41, 5.74) is 3.51. The van der Waals surface area contributed by atoms with E-state index in [0.717, 1.165) is 10.7 Å². The summed E-state index contributed by atoms with van der Waals surface area (Å²) < 4.78 is 5.53. The first kappa shape index (κ1) is 18.2. The van der Waals surface area contributed by atoms with Crippen molar-refractivity contribution in [2.45, 2.75) is 6.54 Å². The Morgan fingerprint density at radius 1 is 0.962 bits per heavy atom. The lowest BCUT2D eigenvalue weighted by atomic mass is 10.2. The smallest absolute Gasteiger partial charge is 0.263 e. The van der Waals surface area contributed by atoms with Crippen molar-refractivity contribution in [1.82, 2.24) is 4.57 Å². The number of fused-ring (bicyclic) bond motifs is 1. The number of halogens is 1. The maximum atomic E-state index is 5.56. The van der Waals surface area contributed by atoms with Crippen LogP contribution in [0.15, 0.2) is 73.1 Å². The van der Waals surface area contributed by atoms with Gasteiger partial charge in [-0.3, -0.25) is 0 Å². The number of benzene rings is 2. The highest BCUT2D eigenvalue weighted by molar-refractivity contribution is 7.18. The van der Waals surface area contributed by atoms with Crippen LogP contribution >= 0.6 is 11.3 Å². The van der Waals surface area contributed by atoms with E-state index in [-0.39, 0.29) is 17.0 Å². The molecule has 0 aliphatic heterocycles. The van der Waals surface area contributed by atoms with Crippen molar-refractivity contribution in [3.63, 3.8) is 0 Å². The van der Waals surface area contributed by atoms with E-state index < -0.39 is 0 Å². The first-order valence-electron chi connectivity index (χ1n) is 8.11. The molecule has 2 nitrogen and oxygen atoms in total. The first-order chi connectivity index (χ1) is 12.3. The number of nitrogens with zero attached hydrogens (tertiary/aromatic N) is 2. The molecule has 0 fully saturated rings. The minimum Gasteiger partial charge on any atom is -1.00 e. The molecular weight excluding hydrogens is 404 g/mol. The van der Waals surface area contributed by atoms with E-state index in [1.165, 1.54) is 15.8 Å². The van der Waals surface area contributed by atoms with E-state index in [2.05, 4.69) is 75.7 Å². The average Bonchev–Trinajstić information content (AvgIpc) is 3.30. The fourth-order valence-corrected chi connectivity index (χ4v) is 3.93. The van der Waals surface area contributed by atoms with Crippen molar-refractivity contribution >= 4 is 33.7 Å². The zero-order valence-corrected chi connectivity index (χ0v) is 16.5. The minimum atomic E-state index is 0. The van der Waals surface area contributed by atoms with Crippen LogP contribution in [0.25, 0.3) is 28.1 Å². The monoisotopic (exact) mass is 420 g/mol. The van der Waals surface area contributed by atoms with Gasteiger partial charge in [-0.1, -0.05) is 35.6 Å². The summed E-state index contributed by atoms with van der Waals surface area (Å²) in [7, 11) is 0. The Bertz CT molecular complexity index is 1070. The van der Waals surface area contributed by atoms with Gasteiger partial charge in [-0.05, 0) is 47.9 Å². The third kappa shape index (κ3) is 3.65. The van der Waals surface area contributed by atoms with Crippen LogP contribution in [0.2, 0.25) is 0 Å². The molecule has 0 aliphatic carbocycles. The van der Waals surface area contributed by atoms with Gasteiger partial charge in [0.1, 0.15) is 4.70 Å². The van der Waals surface area contributed by atoms with E-state index in [9.17, 15) is 0 Å². The Kier molecular flexibility index (Phi) is 5.72. The van der Waals surface area contributed by atoms with Crippen LogP contribution < -0.4 is 21.5 Å². The standard InChI is InChI=1S/C22H17N2S.BrH/c1-2-15-24-20-7-3-4-8-21(20)25-22(24)14-11-18-9-12-19(13-10-18)23-16-5-6-17-23;/h1,3-14,16-17H,15H2;1H/q+1;/p-1. The van der Waals surface area contributed by atoms with Crippen LogP contribution in [0.3, 0.4) is 0 Å². The Hall–Kier alpha value is -2.61. The van der Waals surface area contributed by atoms with Crippen LogP contribution in [0.5, 0.6) is 0 Å². The van der Waals surface area contributed by atoms with Crippen molar-refractivity contribution in [3.05, 3.63) is 83.6 Å². The summed E-state index contributed by atoms with van der Waals surface area (Å²) in [5, 5.41) is 1.16. The molecule has 2 heterocycles. The SMILES string of the molecule is C#CC[n+]1c(/C=C/c2ccc(-n3cccc3)cc2)sc2ccccc21.[Br-]. The van der Waals surface area contributed by atoms with E-state index in [0.29, 0.717) is 6.54 Å². The third-order valence-corrected chi connectivity index (χ3v) is 5.23. The zero-order chi connectivity index (χ0) is 17.1. The predicted molar refractivity (Wildman–Crippen MR) is 106 cm³/mol. The van der Waals surface area contributed by atoms with Crippen LogP contribution in [-0.4, -0.2) is 4.57 Å².